The first-order valence-corrected chi connectivity index (χ1v) is 8.84. The van der Waals surface area contributed by atoms with Gasteiger partial charge in [-0.2, -0.15) is 5.10 Å². The third kappa shape index (κ3) is 2.33. The van der Waals surface area contributed by atoms with Gasteiger partial charge in [-0.15, -0.1) is 11.3 Å². The highest BCUT2D eigenvalue weighted by Crippen LogP contribution is 2.32. The SMILES string of the molecule is Cc1cc2c(s1)c1cnn(Cc3cccc(Br)c3)c(=O)c1n2C. The minimum absolute atomic E-state index is 0.0500. The molecule has 0 radical (unpaired) electrons. The lowest BCUT2D eigenvalue weighted by molar-refractivity contribution is 0.644. The number of hydrogen-bond donors (Lipinski definition) is 0. The highest BCUT2D eigenvalue weighted by atomic mass is 79.9. The van der Waals surface area contributed by atoms with Crippen molar-refractivity contribution in [2.75, 3.05) is 0 Å². The van der Waals surface area contributed by atoms with Crippen LogP contribution in [0.2, 0.25) is 0 Å². The Morgan fingerprint density at radius 3 is 2.91 bits per heavy atom. The van der Waals surface area contributed by atoms with Crippen LogP contribution in [-0.2, 0) is 13.6 Å². The van der Waals surface area contributed by atoms with Crippen molar-refractivity contribution in [1.29, 1.82) is 0 Å². The van der Waals surface area contributed by atoms with Gasteiger partial charge in [0.1, 0.15) is 5.52 Å². The fraction of sp³-hybridized carbons (Fsp3) is 0.176. The molecule has 0 unspecified atom stereocenters. The molecular formula is C17H14BrN3OS. The molecule has 1 aromatic carbocycles. The predicted octanol–water partition coefficient (Wildman–Crippen LogP) is 4.07. The van der Waals surface area contributed by atoms with Gasteiger partial charge in [0, 0.05) is 21.8 Å². The lowest BCUT2D eigenvalue weighted by Crippen LogP contribution is -2.24. The normalized spacial score (nSPS) is 11.6. The molecule has 0 fully saturated rings. The third-order valence-electron chi connectivity index (χ3n) is 4.02. The Balaban J connectivity index is 1.91. The van der Waals surface area contributed by atoms with E-state index in [4.69, 9.17) is 0 Å². The van der Waals surface area contributed by atoms with Gasteiger partial charge in [0.2, 0.25) is 0 Å². The number of aryl methyl sites for hydroxylation is 2. The minimum Gasteiger partial charge on any atom is -0.338 e. The van der Waals surface area contributed by atoms with Crippen molar-refractivity contribution < 1.29 is 0 Å². The maximum absolute atomic E-state index is 12.9. The van der Waals surface area contributed by atoms with Crippen molar-refractivity contribution in [3.63, 3.8) is 0 Å². The van der Waals surface area contributed by atoms with Gasteiger partial charge in [-0.05, 0) is 30.7 Å². The lowest BCUT2D eigenvalue weighted by Gasteiger charge is -2.06. The highest BCUT2D eigenvalue weighted by Gasteiger charge is 2.16. The molecular weight excluding hydrogens is 374 g/mol. The maximum Gasteiger partial charge on any atom is 0.291 e. The minimum atomic E-state index is -0.0500. The number of nitrogens with zero attached hydrogens (tertiary/aromatic N) is 3. The van der Waals surface area contributed by atoms with Crippen LogP contribution >= 0.6 is 27.3 Å². The number of benzene rings is 1. The van der Waals surface area contributed by atoms with E-state index in [0.717, 1.165) is 31.2 Å². The van der Waals surface area contributed by atoms with E-state index in [0.29, 0.717) is 6.54 Å². The summed E-state index contributed by atoms with van der Waals surface area (Å²) < 4.78 is 5.65. The highest BCUT2D eigenvalue weighted by molar-refractivity contribution is 9.10. The van der Waals surface area contributed by atoms with Gasteiger partial charge >= 0.3 is 0 Å². The zero-order valence-corrected chi connectivity index (χ0v) is 15.1. The van der Waals surface area contributed by atoms with Crippen molar-refractivity contribution in [2.45, 2.75) is 13.5 Å². The average molecular weight is 388 g/mol. The van der Waals surface area contributed by atoms with E-state index in [2.05, 4.69) is 34.0 Å². The Morgan fingerprint density at radius 1 is 1.30 bits per heavy atom. The molecule has 6 heteroatoms. The van der Waals surface area contributed by atoms with E-state index >= 15 is 0 Å². The molecule has 4 rings (SSSR count). The number of hydrogen-bond acceptors (Lipinski definition) is 3. The van der Waals surface area contributed by atoms with E-state index in [9.17, 15) is 4.79 Å². The Hall–Kier alpha value is -1.92. The molecule has 0 N–H and O–H groups in total. The first-order valence-electron chi connectivity index (χ1n) is 7.23. The van der Waals surface area contributed by atoms with Crippen molar-refractivity contribution in [3.05, 3.63) is 61.8 Å². The fourth-order valence-electron chi connectivity index (χ4n) is 2.95. The van der Waals surface area contributed by atoms with Gasteiger partial charge in [-0.1, -0.05) is 28.1 Å². The van der Waals surface area contributed by atoms with Gasteiger partial charge in [0.15, 0.2) is 0 Å². The number of rotatable bonds is 2. The fourth-order valence-corrected chi connectivity index (χ4v) is 4.45. The summed E-state index contributed by atoms with van der Waals surface area (Å²) in [6.07, 6.45) is 1.81. The summed E-state index contributed by atoms with van der Waals surface area (Å²) in [5.41, 5.74) is 2.81. The number of thiophene rings is 1. The molecule has 0 spiro atoms. The molecule has 0 saturated carbocycles. The van der Waals surface area contributed by atoms with Crippen LogP contribution in [0.1, 0.15) is 10.4 Å². The average Bonchev–Trinajstić information content (AvgIpc) is 3.00. The van der Waals surface area contributed by atoms with Gasteiger partial charge < -0.3 is 4.57 Å². The zero-order chi connectivity index (χ0) is 16.1. The second kappa shape index (κ2) is 5.32. The molecule has 0 bridgehead atoms. The molecule has 0 aliphatic heterocycles. The molecule has 0 amide bonds. The monoisotopic (exact) mass is 387 g/mol. The first-order chi connectivity index (χ1) is 11.0. The van der Waals surface area contributed by atoms with E-state index in [1.165, 1.54) is 9.56 Å². The van der Waals surface area contributed by atoms with Crippen LogP contribution in [0.4, 0.5) is 0 Å². The third-order valence-corrected chi connectivity index (χ3v) is 5.58. The van der Waals surface area contributed by atoms with Crippen LogP contribution < -0.4 is 5.56 Å². The molecule has 4 aromatic rings. The summed E-state index contributed by atoms with van der Waals surface area (Å²) in [5, 5.41) is 5.33. The first kappa shape index (κ1) is 14.7. The predicted molar refractivity (Wildman–Crippen MR) is 98.3 cm³/mol. The van der Waals surface area contributed by atoms with E-state index < -0.39 is 0 Å². The molecule has 3 heterocycles. The molecule has 0 atom stereocenters. The van der Waals surface area contributed by atoms with Gasteiger partial charge in [-0.25, -0.2) is 4.68 Å². The summed E-state index contributed by atoms with van der Waals surface area (Å²) in [4.78, 5) is 14.1. The Kier molecular flexibility index (Phi) is 3.39. The van der Waals surface area contributed by atoms with Crippen molar-refractivity contribution in [2.24, 2.45) is 7.05 Å². The molecule has 0 aliphatic rings. The van der Waals surface area contributed by atoms with Crippen LogP contribution in [-0.4, -0.2) is 14.3 Å². The van der Waals surface area contributed by atoms with Crippen molar-refractivity contribution >= 4 is 48.4 Å². The lowest BCUT2D eigenvalue weighted by atomic mass is 10.2. The van der Waals surface area contributed by atoms with E-state index in [1.807, 2.05) is 42.1 Å². The molecule has 0 aliphatic carbocycles. The largest absolute Gasteiger partial charge is 0.338 e. The van der Waals surface area contributed by atoms with Crippen molar-refractivity contribution in [3.8, 4) is 0 Å². The summed E-state index contributed by atoms with van der Waals surface area (Å²) >= 11 is 5.17. The van der Waals surface area contributed by atoms with Crippen molar-refractivity contribution in [1.82, 2.24) is 14.3 Å². The quantitative estimate of drug-likeness (QED) is 0.520. The number of fused-ring (bicyclic) bond motifs is 3. The van der Waals surface area contributed by atoms with Crippen LogP contribution in [0.25, 0.3) is 21.1 Å². The van der Waals surface area contributed by atoms with E-state index in [-0.39, 0.29) is 5.56 Å². The maximum atomic E-state index is 12.9. The number of aromatic nitrogens is 3. The molecule has 0 saturated heterocycles. The molecule has 3 aromatic heterocycles. The second-order valence-electron chi connectivity index (χ2n) is 5.63. The van der Waals surface area contributed by atoms with Crippen LogP contribution in [0.15, 0.2) is 45.8 Å². The summed E-state index contributed by atoms with van der Waals surface area (Å²) in [5.74, 6) is 0. The topological polar surface area (TPSA) is 39.8 Å². The smallest absolute Gasteiger partial charge is 0.291 e. The second-order valence-corrected chi connectivity index (χ2v) is 7.80. The Morgan fingerprint density at radius 2 is 2.13 bits per heavy atom. The van der Waals surface area contributed by atoms with Crippen LogP contribution in [0.3, 0.4) is 0 Å². The van der Waals surface area contributed by atoms with Gasteiger partial charge in [-0.3, -0.25) is 4.79 Å². The zero-order valence-electron chi connectivity index (χ0n) is 12.7. The Bertz CT molecular complexity index is 1110. The van der Waals surface area contributed by atoms with Gasteiger partial charge in [0.05, 0.1) is 23.0 Å². The molecule has 23 heavy (non-hydrogen) atoms. The summed E-state index contributed by atoms with van der Waals surface area (Å²) in [7, 11) is 1.95. The summed E-state index contributed by atoms with van der Waals surface area (Å²) in [6, 6.07) is 10.1. The van der Waals surface area contributed by atoms with Crippen LogP contribution in [0.5, 0.6) is 0 Å². The number of halogens is 1. The summed E-state index contributed by atoms with van der Waals surface area (Å²) in [6.45, 7) is 2.55. The van der Waals surface area contributed by atoms with Crippen LogP contribution in [0, 0.1) is 6.92 Å². The van der Waals surface area contributed by atoms with Gasteiger partial charge in [0.25, 0.3) is 5.56 Å². The Labute approximate surface area is 145 Å². The molecule has 4 nitrogen and oxygen atoms in total. The standard InChI is InChI=1S/C17H14BrN3OS/c1-10-6-14-16(23-10)13-8-19-21(17(22)15(13)20(14)2)9-11-4-3-5-12(18)7-11/h3-8H,9H2,1-2H3. The van der Waals surface area contributed by atoms with E-state index in [1.54, 1.807) is 11.3 Å². The molecule has 116 valence electrons.